The van der Waals surface area contributed by atoms with Gasteiger partial charge in [-0.15, -0.1) is 15.3 Å². The van der Waals surface area contributed by atoms with Crippen molar-refractivity contribution in [3.8, 4) is 0 Å². The molecule has 112 valence electrons. The van der Waals surface area contributed by atoms with E-state index in [4.69, 9.17) is 0 Å². The normalized spacial score (nSPS) is 11.0. The number of hydrogen-bond donors (Lipinski definition) is 0. The molecule has 3 aromatic rings. The SMILES string of the molecule is Cc1ccc(C(=O)CSc2nn3c(=O)c(C)nnc3s2)cc1. The number of fused-ring (bicyclic) bond motifs is 1. The molecular formula is C14H12N4O2S2. The van der Waals surface area contributed by atoms with Crippen molar-refractivity contribution < 1.29 is 4.79 Å². The van der Waals surface area contributed by atoms with E-state index in [0.29, 0.717) is 20.6 Å². The first-order chi connectivity index (χ1) is 10.5. The predicted octanol–water partition coefficient (Wildman–Crippen LogP) is 2.14. The molecule has 22 heavy (non-hydrogen) atoms. The van der Waals surface area contributed by atoms with Crippen molar-refractivity contribution in [3.63, 3.8) is 0 Å². The Labute approximate surface area is 134 Å². The highest BCUT2D eigenvalue weighted by Gasteiger charge is 2.12. The minimum Gasteiger partial charge on any atom is -0.293 e. The summed E-state index contributed by atoms with van der Waals surface area (Å²) in [5.41, 5.74) is 1.81. The second-order valence-electron chi connectivity index (χ2n) is 4.73. The summed E-state index contributed by atoms with van der Waals surface area (Å²) in [5, 5.41) is 11.9. The maximum atomic E-state index is 12.1. The Morgan fingerprint density at radius 2 is 1.95 bits per heavy atom. The van der Waals surface area contributed by atoms with E-state index in [1.807, 2.05) is 31.2 Å². The molecule has 3 rings (SSSR count). The molecule has 0 aliphatic carbocycles. The second kappa shape index (κ2) is 5.98. The summed E-state index contributed by atoms with van der Waals surface area (Å²) in [5.74, 6) is 0.295. The van der Waals surface area contributed by atoms with Gasteiger partial charge in [0, 0.05) is 5.56 Å². The van der Waals surface area contributed by atoms with Gasteiger partial charge in [-0.3, -0.25) is 9.59 Å². The molecule has 0 saturated heterocycles. The van der Waals surface area contributed by atoms with Crippen molar-refractivity contribution in [2.45, 2.75) is 18.2 Å². The molecule has 0 unspecified atom stereocenters. The smallest absolute Gasteiger partial charge is 0.293 e. The van der Waals surface area contributed by atoms with Crippen LogP contribution in [0.5, 0.6) is 0 Å². The largest absolute Gasteiger partial charge is 0.296 e. The molecule has 0 radical (unpaired) electrons. The molecule has 0 bridgehead atoms. The van der Waals surface area contributed by atoms with E-state index in [-0.39, 0.29) is 17.1 Å². The van der Waals surface area contributed by atoms with E-state index < -0.39 is 0 Å². The van der Waals surface area contributed by atoms with Crippen molar-refractivity contribution in [2.24, 2.45) is 0 Å². The van der Waals surface area contributed by atoms with Gasteiger partial charge in [0.1, 0.15) is 5.69 Å². The van der Waals surface area contributed by atoms with E-state index in [2.05, 4.69) is 15.3 Å². The first-order valence-corrected chi connectivity index (χ1v) is 8.30. The van der Waals surface area contributed by atoms with Gasteiger partial charge in [-0.05, 0) is 13.8 Å². The minimum absolute atomic E-state index is 0.0267. The maximum Gasteiger partial charge on any atom is 0.296 e. The third-order valence-corrected chi connectivity index (χ3v) is 5.06. The number of carbonyl (C=O) groups excluding carboxylic acids is 1. The second-order valence-corrected chi connectivity index (χ2v) is 6.91. The lowest BCUT2D eigenvalue weighted by atomic mass is 10.1. The van der Waals surface area contributed by atoms with Crippen LogP contribution >= 0.6 is 23.1 Å². The van der Waals surface area contributed by atoms with Crippen LogP contribution in [0.2, 0.25) is 0 Å². The van der Waals surface area contributed by atoms with Crippen molar-refractivity contribution >= 4 is 33.8 Å². The summed E-state index contributed by atoms with van der Waals surface area (Å²) in [6.07, 6.45) is 0. The van der Waals surface area contributed by atoms with Crippen LogP contribution < -0.4 is 5.56 Å². The van der Waals surface area contributed by atoms with Crippen LogP contribution in [0.15, 0.2) is 33.4 Å². The highest BCUT2D eigenvalue weighted by Crippen LogP contribution is 2.23. The lowest BCUT2D eigenvalue weighted by Gasteiger charge is -1.99. The maximum absolute atomic E-state index is 12.1. The van der Waals surface area contributed by atoms with E-state index in [0.717, 1.165) is 5.56 Å². The van der Waals surface area contributed by atoms with Gasteiger partial charge >= 0.3 is 0 Å². The number of nitrogens with zero attached hydrogens (tertiary/aromatic N) is 4. The van der Waals surface area contributed by atoms with Gasteiger partial charge in [0.2, 0.25) is 4.96 Å². The van der Waals surface area contributed by atoms with E-state index in [9.17, 15) is 9.59 Å². The fourth-order valence-electron chi connectivity index (χ4n) is 1.78. The monoisotopic (exact) mass is 332 g/mol. The topological polar surface area (TPSA) is 77.2 Å². The molecule has 2 heterocycles. The van der Waals surface area contributed by atoms with Crippen LogP contribution in [0.4, 0.5) is 0 Å². The average molecular weight is 332 g/mol. The zero-order valence-corrected chi connectivity index (χ0v) is 13.6. The molecule has 0 spiro atoms. The standard InChI is InChI=1S/C14H12N4O2S2/c1-8-3-5-10(6-4-8)11(19)7-21-14-17-18-12(20)9(2)15-16-13(18)22-14/h3-6H,7H2,1-2H3. The molecule has 0 fully saturated rings. The fourth-order valence-corrected chi connectivity index (χ4v) is 3.55. The van der Waals surface area contributed by atoms with E-state index in [1.165, 1.54) is 27.6 Å². The Kier molecular flexibility index (Phi) is 4.04. The molecule has 2 aromatic heterocycles. The molecular weight excluding hydrogens is 320 g/mol. The number of benzene rings is 1. The van der Waals surface area contributed by atoms with Crippen molar-refractivity contribution in [2.75, 3.05) is 5.75 Å². The lowest BCUT2D eigenvalue weighted by Crippen LogP contribution is -2.19. The molecule has 0 atom stereocenters. The van der Waals surface area contributed by atoms with Crippen molar-refractivity contribution in [1.29, 1.82) is 0 Å². The molecule has 0 aliphatic rings. The minimum atomic E-state index is -0.280. The number of rotatable bonds is 4. The highest BCUT2D eigenvalue weighted by atomic mass is 32.2. The quantitative estimate of drug-likeness (QED) is 0.538. The van der Waals surface area contributed by atoms with Crippen LogP contribution in [0.1, 0.15) is 21.6 Å². The van der Waals surface area contributed by atoms with Crippen molar-refractivity contribution in [1.82, 2.24) is 19.8 Å². The third-order valence-electron chi connectivity index (χ3n) is 3.03. The first-order valence-electron chi connectivity index (χ1n) is 6.50. The van der Waals surface area contributed by atoms with Gasteiger partial charge in [0.15, 0.2) is 10.1 Å². The summed E-state index contributed by atoms with van der Waals surface area (Å²) in [7, 11) is 0. The molecule has 0 amide bonds. The number of aromatic nitrogens is 4. The van der Waals surface area contributed by atoms with Gasteiger partial charge in [-0.1, -0.05) is 52.9 Å². The summed E-state index contributed by atoms with van der Waals surface area (Å²) in [6, 6.07) is 7.45. The van der Waals surface area contributed by atoms with Crippen LogP contribution in [0, 0.1) is 13.8 Å². The molecule has 0 N–H and O–H groups in total. The fraction of sp³-hybridized carbons (Fsp3) is 0.214. The van der Waals surface area contributed by atoms with Gasteiger partial charge in [0.05, 0.1) is 5.75 Å². The van der Waals surface area contributed by atoms with Gasteiger partial charge in [0.25, 0.3) is 5.56 Å². The third kappa shape index (κ3) is 2.93. The van der Waals surface area contributed by atoms with Crippen LogP contribution in [0.3, 0.4) is 0 Å². The van der Waals surface area contributed by atoms with Crippen LogP contribution in [-0.2, 0) is 0 Å². The number of ketones is 1. The number of Topliss-reactive ketones (excluding diaryl/α,β-unsaturated/α-hetero) is 1. The molecule has 1 aromatic carbocycles. The predicted molar refractivity (Wildman–Crippen MR) is 85.9 cm³/mol. The van der Waals surface area contributed by atoms with E-state index in [1.54, 1.807) is 6.92 Å². The van der Waals surface area contributed by atoms with E-state index >= 15 is 0 Å². The number of hydrogen-bond acceptors (Lipinski definition) is 7. The molecule has 0 aliphatic heterocycles. The highest BCUT2D eigenvalue weighted by molar-refractivity contribution is 8.01. The Morgan fingerprint density at radius 3 is 2.68 bits per heavy atom. The zero-order chi connectivity index (χ0) is 15.7. The summed E-state index contributed by atoms with van der Waals surface area (Å²) in [4.78, 5) is 24.4. The van der Waals surface area contributed by atoms with Crippen LogP contribution in [0.25, 0.3) is 4.96 Å². The number of thioether (sulfide) groups is 1. The summed E-state index contributed by atoms with van der Waals surface area (Å²) < 4.78 is 1.85. The van der Waals surface area contributed by atoms with Gasteiger partial charge in [-0.25, -0.2) is 0 Å². The number of aryl methyl sites for hydroxylation is 2. The first kappa shape index (κ1) is 14.9. The summed E-state index contributed by atoms with van der Waals surface area (Å²) in [6.45, 7) is 3.57. The Bertz CT molecular complexity index is 899. The zero-order valence-electron chi connectivity index (χ0n) is 11.9. The number of carbonyl (C=O) groups is 1. The lowest BCUT2D eigenvalue weighted by molar-refractivity contribution is 0.102. The van der Waals surface area contributed by atoms with Gasteiger partial charge in [-0.2, -0.15) is 4.52 Å². The average Bonchev–Trinajstić information content (AvgIpc) is 2.93. The Morgan fingerprint density at radius 1 is 1.23 bits per heavy atom. The van der Waals surface area contributed by atoms with Gasteiger partial charge < -0.3 is 0 Å². The molecule has 6 nitrogen and oxygen atoms in total. The Balaban J connectivity index is 1.76. The van der Waals surface area contributed by atoms with Crippen molar-refractivity contribution in [3.05, 3.63) is 51.4 Å². The Hall–Kier alpha value is -2.06. The van der Waals surface area contributed by atoms with Crippen LogP contribution in [-0.4, -0.2) is 31.3 Å². The molecule has 8 heteroatoms. The summed E-state index contributed by atoms with van der Waals surface area (Å²) >= 11 is 2.55. The molecule has 0 saturated carbocycles.